The topological polar surface area (TPSA) is 188 Å². The molecule has 1 aromatic heterocycles. The van der Waals surface area contributed by atoms with E-state index in [1.54, 1.807) is 19.1 Å². The van der Waals surface area contributed by atoms with Crippen molar-refractivity contribution in [2.24, 2.45) is 11.3 Å². The van der Waals surface area contributed by atoms with Gasteiger partial charge in [-0.15, -0.1) is 0 Å². The van der Waals surface area contributed by atoms with Gasteiger partial charge in [-0.25, -0.2) is 9.78 Å². The van der Waals surface area contributed by atoms with Gasteiger partial charge in [-0.2, -0.15) is 0 Å². The van der Waals surface area contributed by atoms with Gasteiger partial charge in [-0.1, -0.05) is 12.8 Å². The Morgan fingerprint density at radius 1 is 1.07 bits per heavy atom. The summed E-state index contributed by atoms with van der Waals surface area (Å²) < 4.78 is 12.4. The summed E-state index contributed by atoms with van der Waals surface area (Å²) in [5, 5.41) is 52.4. The SMILES string of the molecule is Cc1cc(=O)c2cc3c(cc2o1)OC(C)(CCC1CNC(=O)C12CCCC2)C(OOCC(O)C(O)C(O)C(O)CO)C3. The molecule has 7 unspecified atom stereocenters. The van der Waals surface area contributed by atoms with Crippen molar-refractivity contribution < 1.29 is 49.3 Å². The number of hydrogen-bond donors (Lipinski definition) is 6. The first-order chi connectivity index (χ1) is 20.0. The summed E-state index contributed by atoms with van der Waals surface area (Å²) in [5.41, 5.74) is -0.358. The lowest BCUT2D eigenvalue weighted by Crippen LogP contribution is -2.51. The molecule has 42 heavy (non-hydrogen) atoms. The van der Waals surface area contributed by atoms with Gasteiger partial charge < -0.3 is 40.0 Å². The summed E-state index contributed by atoms with van der Waals surface area (Å²) in [6.07, 6.45) is -2.26. The molecular formula is C30H41NO11. The number of aryl methyl sites for hydroxylation is 1. The van der Waals surface area contributed by atoms with Crippen molar-refractivity contribution in [3.63, 3.8) is 0 Å². The zero-order valence-electron chi connectivity index (χ0n) is 24.0. The van der Waals surface area contributed by atoms with Crippen LogP contribution in [0.15, 0.2) is 27.4 Å². The Hall–Kier alpha value is -2.58. The van der Waals surface area contributed by atoms with Crippen LogP contribution in [-0.2, 0) is 21.0 Å². The van der Waals surface area contributed by atoms with Crippen LogP contribution in [0.4, 0.5) is 0 Å². The Morgan fingerprint density at radius 2 is 1.79 bits per heavy atom. The molecule has 5 rings (SSSR count). The molecule has 3 aliphatic rings. The number of rotatable bonds is 11. The summed E-state index contributed by atoms with van der Waals surface area (Å²) in [5.74, 6) is 1.30. The summed E-state index contributed by atoms with van der Waals surface area (Å²) in [6.45, 7) is 2.86. The molecular weight excluding hydrogens is 550 g/mol. The smallest absolute Gasteiger partial charge is 0.226 e. The van der Waals surface area contributed by atoms with Crippen LogP contribution in [-0.4, -0.2) is 87.3 Å². The van der Waals surface area contributed by atoms with Crippen LogP contribution in [0.25, 0.3) is 11.0 Å². The predicted molar refractivity (Wildman–Crippen MR) is 149 cm³/mol. The Bertz CT molecular complexity index is 1340. The van der Waals surface area contributed by atoms with E-state index in [4.69, 9.17) is 24.0 Å². The number of aliphatic hydroxyl groups excluding tert-OH is 5. The van der Waals surface area contributed by atoms with Crippen molar-refractivity contribution in [1.29, 1.82) is 0 Å². The molecule has 0 bridgehead atoms. The Balaban J connectivity index is 1.36. The number of carbonyl (C=O) groups is 1. The minimum Gasteiger partial charge on any atom is -0.484 e. The molecule has 1 saturated heterocycles. The van der Waals surface area contributed by atoms with Crippen LogP contribution in [0.2, 0.25) is 0 Å². The quantitative estimate of drug-likeness (QED) is 0.159. The van der Waals surface area contributed by atoms with E-state index in [-0.39, 0.29) is 22.7 Å². The van der Waals surface area contributed by atoms with E-state index in [9.17, 15) is 30.0 Å². The molecule has 1 saturated carbocycles. The summed E-state index contributed by atoms with van der Waals surface area (Å²) in [7, 11) is 0. The summed E-state index contributed by atoms with van der Waals surface area (Å²) in [6, 6.07) is 4.84. The molecule has 2 aromatic rings. The van der Waals surface area contributed by atoms with E-state index >= 15 is 0 Å². The largest absolute Gasteiger partial charge is 0.484 e. The fourth-order valence-corrected chi connectivity index (χ4v) is 6.79. The molecule has 1 aliphatic carbocycles. The van der Waals surface area contributed by atoms with Crippen LogP contribution >= 0.6 is 0 Å². The van der Waals surface area contributed by atoms with Crippen LogP contribution < -0.4 is 15.5 Å². The number of nitrogens with one attached hydrogen (secondary N) is 1. The first-order valence-corrected chi connectivity index (χ1v) is 14.6. The molecule has 1 amide bonds. The van der Waals surface area contributed by atoms with Crippen molar-refractivity contribution in [2.75, 3.05) is 19.8 Å². The third-order valence-corrected chi connectivity index (χ3v) is 9.44. The lowest BCUT2D eigenvalue weighted by atomic mass is 9.72. The van der Waals surface area contributed by atoms with E-state index in [1.165, 1.54) is 6.07 Å². The predicted octanol–water partition coefficient (Wildman–Crippen LogP) is 0.634. The number of carbonyl (C=O) groups excluding carboxylic acids is 1. The number of aliphatic hydroxyl groups is 5. The van der Waals surface area contributed by atoms with Crippen molar-refractivity contribution in [3.8, 4) is 5.75 Å². The monoisotopic (exact) mass is 591 g/mol. The number of amides is 1. The maximum atomic E-state index is 12.8. The third-order valence-electron chi connectivity index (χ3n) is 9.44. The maximum absolute atomic E-state index is 12.8. The first kappa shape index (κ1) is 30.9. The molecule has 232 valence electrons. The minimum atomic E-state index is -1.80. The number of hydrogen-bond acceptors (Lipinski definition) is 11. The zero-order valence-corrected chi connectivity index (χ0v) is 24.0. The van der Waals surface area contributed by atoms with E-state index in [2.05, 4.69) is 5.32 Å². The minimum absolute atomic E-state index is 0.124. The highest BCUT2D eigenvalue weighted by Crippen LogP contribution is 2.50. The Kier molecular flexibility index (Phi) is 8.96. The maximum Gasteiger partial charge on any atom is 0.226 e. The normalized spacial score (nSPS) is 27.8. The fourth-order valence-electron chi connectivity index (χ4n) is 6.79. The second kappa shape index (κ2) is 12.2. The molecule has 7 atom stereocenters. The Labute approximate surface area is 243 Å². The number of benzene rings is 1. The van der Waals surface area contributed by atoms with Gasteiger partial charge in [0.25, 0.3) is 0 Å². The number of ether oxygens (including phenoxy) is 1. The van der Waals surface area contributed by atoms with Gasteiger partial charge in [0.2, 0.25) is 5.91 Å². The van der Waals surface area contributed by atoms with Gasteiger partial charge in [0, 0.05) is 25.1 Å². The van der Waals surface area contributed by atoms with Gasteiger partial charge >= 0.3 is 0 Å². The highest BCUT2D eigenvalue weighted by Gasteiger charge is 2.52. The molecule has 1 spiro atoms. The van der Waals surface area contributed by atoms with Gasteiger partial charge in [-0.05, 0) is 57.1 Å². The lowest BCUT2D eigenvalue weighted by Gasteiger charge is -2.42. The van der Waals surface area contributed by atoms with E-state index < -0.39 is 49.3 Å². The Morgan fingerprint density at radius 3 is 2.50 bits per heavy atom. The molecule has 12 heteroatoms. The highest BCUT2D eigenvalue weighted by molar-refractivity contribution is 5.85. The van der Waals surface area contributed by atoms with E-state index in [0.717, 1.165) is 25.7 Å². The van der Waals surface area contributed by atoms with Crippen LogP contribution in [0.1, 0.15) is 56.8 Å². The summed E-state index contributed by atoms with van der Waals surface area (Å²) in [4.78, 5) is 36.6. The molecule has 12 nitrogen and oxygen atoms in total. The standard InChI is InChI=1S/C30H41NO11/c1-16-9-20(33)19-10-17-11-25(42-39-15-22(35)27(37)26(36)21(34)14-32)29(2,41-23(17)12-24(19)40-16)8-5-18-13-31-28(38)30(18)6-3-4-7-30/h9-10,12,18,21-22,25-27,32,34-37H,3-8,11,13-15H2,1-2H3,(H,31,38). The lowest BCUT2D eigenvalue weighted by molar-refractivity contribution is -0.360. The molecule has 1 aromatic carbocycles. The summed E-state index contributed by atoms with van der Waals surface area (Å²) >= 11 is 0. The van der Waals surface area contributed by atoms with Gasteiger partial charge in [-0.3, -0.25) is 9.59 Å². The van der Waals surface area contributed by atoms with Gasteiger partial charge in [0.1, 0.15) is 59.8 Å². The first-order valence-electron chi connectivity index (χ1n) is 14.6. The van der Waals surface area contributed by atoms with Crippen LogP contribution in [0, 0.1) is 18.3 Å². The third kappa shape index (κ3) is 5.81. The van der Waals surface area contributed by atoms with Crippen molar-refractivity contribution in [3.05, 3.63) is 39.7 Å². The molecule has 0 radical (unpaired) electrons. The fraction of sp³-hybridized carbons (Fsp3) is 0.667. The van der Waals surface area contributed by atoms with Gasteiger partial charge in [0.05, 0.1) is 17.4 Å². The van der Waals surface area contributed by atoms with E-state index in [1.807, 2.05) is 6.92 Å². The molecule has 2 fully saturated rings. The van der Waals surface area contributed by atoms with Crippen LogP contribution in [0.5, 0.6) is 5.75 Å². The van der Waals surface area contributed by atoms with Crippen molar-refractivity contribution in [1.82, 2.24) is 5.32 Å². The number of fused-ring (bicyclic) bond motifs is 2. The molecule has 6 N–H and O–H groups in total. The van der Waals surface area contributed by atoms with E-state index in [0.29, 0.717) is 53.8 Å². The molecule has 3 heterocycles. The van der Waals surface area contributed by atoms with Crippen molar-refractivity contribution >= 4 is 16.9 Å². The van der Waals surface area contributed by atoms with Gasteiger partial charge in [0.15, 0.2) is 5.43 Å². The highest BCUT2D eigenvalue weighted by atomic mass is 17.2. The molecule has 2 aliphatic heterocycles. The average Bonchev–Trinajstić information content (AvgIpc) is 3.57. The second-order valence-electron chi connectivity index (χ2n) is 12.3. The second-order valence-corrected chi connectivity index (χ2v) is 12.3. The average molecular weight is 592 g/mol. The van der Waals surface area contributed by atoms with Crippen LogP contribution in [0.3, 0.4) is 0 Å². The van der Waals surface area contributed by atoms with Crippen molar-refractivity contribution in [2.45, 2.75) is 94.9 Å². The zero-order chi connectivity index (χ0) is 30.2.